The van der Waals surface area contributed by atoms with Crippen LogP contribution in [-0.2, 0) is 18.5 Å². The maximum absolute atomic E-state index is 13.6. The Bertz CT molecular complexity index is 1200. The summed E-state index contributed by atoms with van der Waals surface area (Å²) in [6.07, 6.45) is -16.8. The van der Waals surface area contributed by atoms with Gasteiger partial charge in [-0.3, -0.25) is 20.2 Å². The van der Waals surface area contributed by atoms with E-state index in [1.54, 1.807) is 5.32 Å². The second-order valence-corrected chi connectivity index (χ2v) is 8.47. The number of alkyl halides is 9. The van der Waals surface area contributed by atoms with E-state index in [1.165, 1.54) is 0 Å². The Morgan fingerprint density at radius 1 is 0.676 bits per heavy atom. The van der Waals surface area contributed by atoms with E-state index in [1.807, 2.05) is 0 Å². The van der Waals surface area contributed by atoms with Crippen molar-refractivity contribution in [1.29, 1.82) is 0 Å². The van der Waals surface area contributed by atoms with Gasteiger partial charge in [-0.15, -0.1) is 0 Å². The van der Waals surface area contributed by atoms with Crippen molar-refractivity contribution in [3.05, 3.63) is 62.5 Å². The van der Waals surface area contributed by atoms with Gasteiger partial charge < -0.3 is 5.32 Å². The van der Waals surface area contributed by atoms with Crippen LogP contribution in [0.3, 0.4) is 0 Å². The molecular weight excluding hydrogens is 697 g/mol. The number of nitro groups is 2. The van der Waals surface area contributed by atoms with Gasteiger partial charge in [0.1, 0.15) is 5.69 Å². The lowest BCUT2D eigenvalue weighted by Crippen LogP contribution is -2.20. The minimum Gasteiger partial charge on any atom is -0.348 e. The van der Waals surface area contributed by atoms with Gasteiger partial charge in [0.15, 0.2) is 0 Å². The minimum atomic E-state index is -5.70. The standard InChI is InChI=1S/C15H3Br3F9N3O4/c16-8-6(14(22,23)24)7(15(25,26)27)9(17)12(10(8)18)28-11-4(13(19,20)21)1-3(29(31)32)2-5(11)30(33)34/h1-2,28H. The summed E-state index contributed by atoms with van der Waals surface area (Å²) in [5, 5.41) is 23.9. The first kappa shape index (κ1) is 28.1. The van der Waals surface area contributed by atoms with E-state index in [-0.39, 0.29) is 12.1 Å². The van der Waals surface area contributed by atoms with Gasteiger partial charge in [0, 0.05) is 10.5 Å². The smallest absolute Gasteiger partial charge is 0.348 e. The number of non-ortho nitro benzene ring substituents is 1. The molecule has 0 amide bonds. The lowest BCUT2D eigenvalue weighted by Gasteiger charge is -2.24. The van der Waals surface area contributed by atoms with Crippen LogP contribution in [0.5, 0.6) is 0 Å². The third-order valence-electron chi connectivity index (χ3n) is 3.95. The molecule has 0 aliphatic carbocycles. The van der Waals surface area contributed by atoms with Crippen LogP contribution in [0.1, 0.15) is 16.7 Å². The molecule has 0 radical (unpaired) electrons. The van der Waals surface area contributed by atoms with Crippen LogP contribution in [0.4, 0.5) is 62.3 Å². The Balaban J connectivity index is 3.01. The predicted molar refractivity (Wildman–Crippen MR) is 108 cm³/mol. The second kappa shape index (κ2) is 9.14. The van der Waals surface area contributed by atoms with Crippen molar-refractivity contribution in [3.8, 4) is 0 Å². The molecule has 0 aromatic heterocycles. The summed E-state index contributed by atoms with van der Waals surface area (Å²) in [5.41, 5.74) is -12.2. The molecule has 0 heterocycles. The molecule has 2 rings (SSSR count). The number of nitro benzene ring substituents is 2. The largest absolute Gasteiger partial charge is 0.418 e. The topological polar surface area (TPSA) is 98.3 Å². The van der Waals surface area contributed by atoms with Gasteiger partial charge in [0.2, 0.25) is 0 Å². The number of rotatable bonds is 4. The molecule has 19 heteroatoms. The molecule has 0 spiro atoms. The van der Waals surface area contributed by atoms with E-state index >= 15 is 0 Å². The van der Waals surface area contributed by atoms with Crippen molar-refractivity contribution in [2.24, 2.45) is 0 Å². The molecule has 0 unspecified atom stereocenters. The van der Waals surface area contributed by atoms with Crippen LogP contribution in [-0.4, -0.2) is 9.85 Å². The van der Waals surface area contributed by atoms with Gasteiger partial charge >= 0.3 is 18.5 Å². The van der Waals surface area contributed by atoms with E-state index in [0.29, 0.717) is 0 Å². The van der Waals surface area contributed by atoms with Gasteiger partial charge in [-0.2, -0.15) is 39.5 Å². The Kier molecular flexibility index (Phi) is 7.55. The van der Waals surface area contributed by atoms with Crippen molar-refractivity contribution in [2.75, 3.05) is 5.32 Å². The average molecular weight is 700 g/mol. The minimum absolute atomic E-state index is 0.100. The fourth-order valence-electron chi connectivity index (χ4n) is 2.64. The Hall–Kier alpha value is -2.15. The summed E-state index contributed by atoms with van der Waals surface area (Å²) in [4.78, 5) is 19.4. The summed E-state index contributed by atoms with van der Waals surface area (Å²) < 4.78 is 118. The number of benzene rings is 2. The summed E-state index contributed by atoms with van der Waals surface area (Å²) in [6, 6.07) is -0.0237. The lowest BCUT2D eigenvalue weighted by atomic mass is 10.0. The van der Waals surface area contributed by atoms with Crippen LogP contribution in [0.15, 0.2) is 25.6 Å². The van der Waals surface area contributed by atoms with Crippen LogP contribution in [0.25, 0.3) is 0 Å². The van der Waals surface area contributed by atoms with Gasteiger partial charge in [-0.25, -0.2) is 0 Å². The molecule has 7 nitrogen and oxygen atoms in total. The third-order valence-corrected chi connectivity index (χ3v) is 6.86. The number of nitrogens with one attached hydrogen (secondary N) is 1. The maximum Gasteiger partial charge on any atom is 0.418 e. The van der Waals surface area contributed by atoms with Crippen molar-refractivity contribution in [1.82, 2.24) is 0 Å². The van der Waals surface area contributed by atoms with Crippen molar-refractivity contribution in [3.63, 3.8) is 0 Å². The van der Waals surface area contributed by atoms with E-state index in [9.17, 15) is 59.7 Å². The molecule has 0 fully saturated rings. The molecule has 186 valence electrons. The zero-order chi connectivity index (χ0) is 26.5. The highest BCUT2D eigenvalue weighted by Crippen LogP contribution is 2.54. The van der Waals surface area contributed by atoms with E-state index in [4.69, 9.17) is 0 Å². The number of hydrogen-bond donors (Lipinski definition) is 1. The zero-order valence-corrected chi connectivity index (χ0v) is 20.0. The predicted octanol–water partition coefficient (Wildman–Crippen LogP) is 8.59. The highest BCUT2D eigenvalue weighted by molar-refractivity contribution is 9.13. The SMILES string of the molecule is O=[N+]([O-])c1cc([N+](=O)[O-])c(Nc2c(Br)c(Br)c(C(F)(F)F)c(C(F)(F)F)c2Br)c(C(F)(F)F)c1. The first-order valence-electron chi connectivity index (χ1n) is 7.85. The lowest BCUT2D eigenvalue weighted by molar-refractivity contribution is -0.394. The van der Waals surface area contributed by atoms with Crippen molar-refractivity contribution >= 4 is 70.5 Å². The molecular formula is C15H3Br3F9N3O4. The number of hydrogen-bond acceptors (Lipinski definition) is 5. The molecule has 0 atom stereocenters. The van der Waals surface area contributed by atoms with E-state index in [2.05, 4.69) is 47.8 Å². The number of nitrogens with zero attached hydrogens (tertiary/aromatic N) is 2. The number of halogens is 12. The van der Waals surface area contributed by atoms with E-state index < -0.39 is 81.2 Å². The van der Waals surface area contributed by atoms with Gasteiger partial charge in [-0.05, 0) is 47.8 Å². The summed E-state index contributed by atoms with van der Waals surface area (Å²) in [6.45, 7) is 0. The maximum atomic E-state index is 13.6. The van der Waals surface area contributed by atoms with Crippen LogP contribution in [0, 0.1) is 20.2 Å². The Labute approximate surface area is 206 Å². The highest BCUT2D eigenvalue weighted by atomic mass is 79.9. The first-order valence-corrected chi connectivity index (χ1v) is 10.2. The number of anilines is 2. The molecule has 0 bridgehead atoms. The fourth-order valence-corrected chi connectivity index (χ4v) is 4.75. The molecule has 0 aliphatic rings. The molecule has 2 aromatic carbocycles. The third kappa shape index (κ3) is 5.40. The second-order valence-electron chi connectivity index (χ2n) is 6.09. The highest BCUT2D eigenvalue weighted by Gasteiger charge is 2.48. The molecule has 1 N–H and O–H groups in total. The Morgan fingerprint density at radius 2 is 1.15 bits per heavy atom. The quantitative estimate of drug-likeness (QED) is 0.149. The van der Waals surface area contributed by atoms with Crippen LogP contribution >= 0.6 is 47.8 Å². The molecule has 0 saturated carbocycles. The van der Waals surface area contributed by atoms with Crippen molar-refractivity contribution in [2.45, 2.75) is 18.5 Å². The fraction of sp³-hybridized carbons (Fsp3) is 0.200. The summed E-state index contributed by atoms with van der Waals surface area (Å²) in [7, 11) is 0. The average Bonchev–Trinajstić information content (AvgIpc) is 2.64. The van der Waals surface area contributed by atoms with Gasteiger partial charge in [0.25, 0.3) is 11.4 Å². The Morgan fingerprint density at radius 3 is 1.53 bits per heavy atom. The van der Waals surface area contributed by atoms with E-state index in [0.717, 1.165) is 0 Å². The zero-order valence-electron chi connectivity index (χ0n) is 15.2. The van der Waals surface area contributed by atoms with Gasteiger partial charge in [-0.1, -0.05) is 0 Å². The molecule has 0 saturated heterocycles. The molecule has 34 heavy (non-hydrogen) atoms. The monoisotopic (exact) mass is 697 g/mol. The molecule has 2 aromatic rings. The van der Waals surface area contributed by atoms with Crippen LogP contribution in [0.2, 0.25) is 0 Å². The first-order chi connectivity index (χ1) is 15.2. The summed E-state index contributed by atoms with van der Waals surface area (Å²) in [5.74, 6) is 0. The summed E-state index contributed by atoms with van der Waals surface area (Å²) >= 11 is 7.15. The normalized spacial score (nSPS) is 12.6. The van der Waals surface area contributed by atoms with Crippen LogP contribution < -0.4 is 5.32 Å². The molecule has 0 aliphatic heterocycles. The van der Waals surface area contributed by atoms with Gasteiger partial charge in [0.05, 0.1) is 47.2 Å². The van der Waals surface area contributed by atoms with Crippen molar-refractivity contribution < 1.29 is 49.4 Å².